The van der Waals surface area contributed by atoms with Gasteiger partial charge in [0.2, 0.25) is 5.52 Å². The fourth-order valence-electron chi connectivity index (χ4n) is 5.11. The van der Waals surface area contributed by atoms with Gasteiger partial charge >= 0.3 is 18.9 Å². The minimum absolute atomic E-state index is 0. The summed E-state index contributed by atoms with van der Waals surface area (Å²) in [5, 5.41) is 21.3. The van der Waals surface area contributed by atoms with Crippen LogP contribution in [0.5, 0.6) is 5.75 Å². The second kappa shape index (κ2) is 7.81. The van der Waals surface area contributed by atoms with Crippen LogP contribution in [0.25, 0.3) is 65.5 Å². The molecular formula is C29H17LiN3O+. The predicted molar refractivity (Wildman–Crippen MR) is 130 cm³/mol. The van der Waals surface area contributed by atoms with Gasteiger partial charge in [-0.2, -0.15) is 0 Å². The van der Waals surface area contributed by atoms with Gasteiger partial charge in [0, 0.05) is 29.4 Å². The van der Waals surface area contributed by atoms with Gasteiger partial charge in [0.25, 0.3) is 0 Å². The summed E-state index contributed by atoms with van der Waals surface area (Å²) in [4.78, 5) is 11.5. The molecule has 0 saturated heterocycles. The zero-order valence-corrected chi connectivity index (χ0v) is 18.5. The Morgan fingerprint density at radius 2 is 1.21 bits per heavy atom. The number of hydrogen-bond acceptors (Lipinski definition) is 3. The molecule has 7 rings (SSSR count). The molecular weight excluding hydrogens is 413 g/mol. The summed E-state index contributed by atoms with van der Waals surface area (Å²) in [7, 11) is 0. The first-order valence-electron chi connectivity index (χ1n) is 10.9. The monoisotopic (exact) mass is 430 g/mol. The molecule has 0 aliphatic carbocycles. The first-order chi connectivity index (χ1) is 16.3. The van der Waals surface area contributed by atoms with Crippen molar-refractivity contribution < 1.29 is 29.0 Å². The van der Waals surface area contributed by atoms with E-state index in [1.807, 2.05) is 36.7 Å². The second-order valence-electron chi connectivity index (χ2n) is 8.35. The second-order valence-corrected chi connectivity index (χ2v) is 8.35. The zero-order chi connectivity index (χ0) is 21.9. The Morgan fingerprint density at radius 1 is 0.618 bits per heavy atom. The fourth-order valence-corrected chi connectivity index (χ4v) is 5.11. The van der Waals surface area contributed by atoms with Gasteiger partial charge in [-0.05, 0) is 66.9 Å². The standard InChI is InChI=1S/C29H17N3O.Li/c33-29-25(12-7-19-2-1-13-32-28(19)29)22-9-4-18-5-10-23-21(20-14-30-16-31-15-20)8-3-17-6-11-24(22)27(18)26(17)23;/h1-16,33H;/q;+1. The van der Waals surface area contributed by atoms with Crippen molar-refractivity contribution in [2.75, 3.05) is 0 Å². The van der Waals surface area contributed by atoms with E-state index in [9.17, 15) is 5.11 Å². The van der Waals surface area contributed by atoms with Crippen LogP contribution in [0.4, 0.5) is 0 Å². The first-order valence-corrected chi connectivity index (χ1v) is 10.9. The number of nitrogens with one attached hydrogen (secondary N) is 1. The van der Waals surface area contributed by atoms with E-state index in [0.717, 1.165) is 38.2 Å². The number of fused-ring (bicyclic) bond motifs is 1. The zero-order valence-electron chi connectivity index (χ0n) is 18.5. The number of H-pyrrole nitrogens is 1. The quantitative estimate of drug-likeness (QED) is 0.313. The number of pyridine rings is 1. The molecule has 0 unspecified atom stereocenters. The Labute approximate surface area is 207 Å². The van der Waals surface area contributed by atoms with Crippen molar-refractivity contribution in [1.29, 1.82) is 0 Å². The molecule has 0 aliphatic rings. The van der Waals surface area contributed by atoms with Crippen LogP contribution in [0.3, 0.4) is 0 Å². The smallest absolute Gasteiger partial charge is 0.868 e. The molecule has 7 aromatic rings. The number of hydrogen-bond donors (Lipinski definition) is 0. The molecule has 1 N–H and O–H groups in total. The predicted octanol–water partition coefficient (Wildman–Crippen LogP) is 2.75. The summed E-state index contributed by atoms with van der Waals surface area (Å²) in [5.74, 6) is 0.0188. The van der Waals surface area contributed by atoms with E-state index >= 15 is 0 Å². The summed E-state index contributed by atoms with van der Waals surface area (Å²) in [6.07, 6.45) is 7.04. The topological polar surface area (TPSA) is 63.0 Å². The van der Waals surface area contributed by atoms with Gasteiger partial charge < -0.3 is 5.11 Å². The first kappa shape index (κ1) is 20.6. The minimum Gasteiger partial charge on any atom is -0.868 e. The Bertz CT molecular complexity index is 1830. The van der Waals surface area contributed by atoms with Crippen LogP contribution in [-0.4, -0.2) is 9.97 Å². The molecule has 34 heavy (non-hydrogen) atoms. The average Bonchev–Trinajstić information content (AvgIpc) is 2.88. The van der Waals surface area contributed by atoms with Gasteiger partial charge in [-0.3, -0.25) is 0 Å². The summed E-state index contributed by atoms with van der Waals surface area (Å²) >= 11 is 0. The third-order valence-corrected chi connectivity index (χ3v) is 6.62. The van der Waals surface area contributed by atoms with E-state index in [1.54, 1.807) is 12.5 Å². The van der Waals surface area contributed by atoms with Crippen LogP contribution in [0.2, 0.25) is 0 Å². The minimum atomic E-state index is 0. The maximum atomic E-state index is 13.4. The molecule has 0 amide bonds. The maximum absolute atomic E-state index is 13.4. The summed E-state index contributed by atoms with van der Waals surface area (Å²) < 4.78 is 0. The molecule has 2 aromatic heterocycles. The van der Waals surface area contributed by atoms with Crippen molar-refractivity contribution in [3.63, 3.8) is 0 Å². The van der Waals surface area contributed by atoms with E-state index in [2.05, 4.69) is 63.5 Å². The van der Waals surface area contributed by atoms with Crippen LogP contribution in [0.1, 0.15) is 0 Å². The molecule has 2 heterocycles. The van der Waals surface area contributed by atoms with Gasteiger partial charge in [-0.15, -0.1) is 0 Å². The molecule has 0 radical (unpaired) electrons. The number of rotatable bonds is 2. The van der Waals surface area contributed by atoms with E-state index < -0.39 is 0 Å². The molecule has 5 heteroatoms. The molecule has 5 aromatic carbocycles. The van der Waals surface area contributed by atoms with E-state index in [0.29, 0.717) is 11.1 Å². The third-order valence-electron chi connectivity index (χ3n) is 6.62. The maximum Gasteiger partial charge on any atom is 1.00 e. The van der Waals surface area contributed by atoms with Crippen molar-refractivity contribution in [2.24, 2.45) is 0 Å². The Morgan fingerprint density at radius 3 is 1.94 bits per heavy atom. The normalized spacial score (nSPS) is 11.4. The molecule has 4 nitrogen and oxygen atoms in total. The number of aromatic nitrogens is 3. The molecule has 0 spiro atoms. The van der Waals surface area contributed by atoms with Gasteiger partial charge in [0.15, 0.2) is 6.20 Å². The fraction of sp³-hybridized carbons (Fsp3) is 0. The molecule has 0 aliphatic heterocycles. The SMILES string of the molecule is [Li+].[O-]c1c(-c2ccc3ccc4c(-c5cncnc5)ccc5ccc2c3c54)ccc2ccc[nH+]c12. The van der Waals surface area contributed by atoms with Gasteiger partial charge in [-0.1, -0.05) is 54.6 Å². The Kier molecular flexibility index (Phi) is 4.74. The number of benzene rings is 5. The summed E-state index contributed by atoms with van der Waals surface area (Å²) in [6.45, 7) is 0. The van der Waals surface area contributed by atoms with Crippen molar-refractivity contribution in [2.45, 2.75) is 0 Å². The van der Waals surface area contributed by atoms with Gasteiger partial charge in [-0.25, -0.2) is 15.0 Å². The number of nitrogens with zero attached hydrogens (tertiary/aromatic N) is 2. The van der Waals surface area contributed by atoms with Crippen LogP contribution in [0.15, 0.2) is 97.7 Å². The Balaban J connectivity index is 0.00000217. The largest absolute Gasteiger partial charge is 1.00 e. The molecule has 0 bridgehead atoms. The van der Waals surface area contributed by atoms with Crippen LogP contribution in [-0.2, 0) is 0 Å². The van der Waals surface area contributed by atoms with Crippen molar-refractivity contribution in [3.8, 4) is 28.0 Å². The summed E-state index contributed by atoms with van der Waals surface area (Å²) in [5.41, 5.74) is 4.39. The molecule has 0 atom stereocenters. The van der Waals surface area contributed by atoms with E-state index in [1.165, 1.54) is 16.2 Å². The Hall–Kier alpha value is -3.97. The van der Waals surface area contributed by atoms with Gasteiger partial charge in [0.1, 0.15) is 6.33 Å². The number of aromatic amines is 1. The van der Waals surface area contributed by atoms with Crippen LogP contribution >= 0.6 is 0 Å². The van der Waals surface area contributed by atoms with Gasteiger partial charge in [0.05, 0.1) is 0 Å². The van der Waals surface area contributed by atoms with Crippen molar-refractivity contribution in [1.82, 2.24) is 9.97 Å². The van der Waals surface area contributed by atoms with Crippen molar-refractivity contribution in [3.05, 3.63) is 97.7 Å². The van der Waals surface area contributed by atoms with Crippen molar-refractivity contribution >= 4 is 43.2 Å². The third kappa shape index (κ3) is 2.90. The van der Waals surface area contributed by atoms with E-state index in [-0.39, 0.29) is 24.6 Å². The molecule has 0 fully saturated rings. The van der Waals surface area contributed by atoms with Crippen LogP contribution in [0, 0.1) is 0 Å². The van der Waals surface area contributed by atoms with E-state index in [4.69, 9.17) is 0 Å². The van der Waals surface area contributed by atoms with Crippen LogP contribution < -0.4 is 29.0 Å². The summed E-state index contributed by atoms with van der Waals surface area (Å²) in [6, 6.07) is 24.9. The molecule has 154 valence electrons. The average molecular weight is 430 g/mol. The molecule has 0 saturated carbocycles.